The molecule has 1 fully saturated rings. The van der Waals surface area contributed by atoms with Gasteiger partial charge in [-0.1, -0.05) is 0 Å². The number of nitrogens with zero attached hydrogens (tertiary/aromatic N) is 1. The Morgan fingerprint density at radius 3 is 3.07 bits per heavy atom. The molecule has 0 aromatic carbocycles. The number of carbonyl (C=O) groups is 1. The fraction of sp³-hybridized carbons (Fsp3) is 0.600. The number of aromatic nitrogens is 2. The van der Waals surface area contributed by atoms with Crippen molar-refractivity contribution in [3.63, 3.8) is 0 Å². The molecule has 1 aromatic rings. The number of hydrogen-bond donors (Lipinski definition) is 2. The van der Waals surface area contributed by atoms with Gasteiger partial charge in [-0.2, -0.15) is 5.10 Å². The average Bonchev–Trinajstić information content (AvgIpc) is 2.76. The van der Waals surface area contributed by atoms with E-state index < -0.39 is 5.41 Å². The van der Waals surface area contributed by atoms with Crippen molar-refractivity contribution in [1.29, 1.82) is 0 Å². The lowest BCUT2D eigenvalue weighted by Crippen LogP contribution is -2.33. The molecule has 2 N–H and O–H groups in total. The van der Waals surface area contributed by atoms with Gasteiger partial charge in [0.15, 0.2) is 5.82 Å². The molecular weight excluding hydrogens is 194 g/mol. The molecule has 15 heavy (non-hydrogen) atoms. The Kier molecular flexibility index (Phi) is 2.48. The summed E-state index contributed by atoms with van der Waals surface area (Å²) in [6, 6.07) is 1.80. The van der Waals surface area contributed by atoms with Gasteiger partial charge in [0.05, 0.1) is 12.0 Å². The lowest BCUT2D eigenvalue weighted by molar-refractivity contribution is -0.124. The van der Waals surface area contributed by atoms with Gasteiger partial charge < -0.3 is 10.1 Å². The molecule has 1 amide bonds. The molecule has 1 unspecified atom stereocenters. The predicted molar refractivity (Wildman–Crippen MR) is 55.5 cm³/mol. The van der Waals surface area contributed by atoms with E-state index in [0.29, 0.717) is 19.0 Å². The van der Waals surface area contributed by atoms with Crippen LogP contribution >= 0.6 is 0 Å². The number of anilines is 1. The van der Waals surface area contributed by atoms with Crippen molar-refractivity contribution in [2.24, 2.45) is 5.41 Å². The first kappa shape index (κ1) is 10.2. The minimum absolute atomic E-state index is 0.0218. The quantitative estimate of drug-likeness (QED) is 0.766. The highest BCUT2D eigenvalue weighted by molar-refractivity contribution is 5.94. The summed E-state index contributed by atoms with van der Waals surface area (Å²) < 4.78 is 5.24. The number of H-pyrrole nitrogens is 1. The van der Waals surface area contributed by atoms with Crippen molar-refractivity contribution in [3.05, 3.63) is 11.8 Å². The number of carbonyl (C=O) groups excluding carboxylic acids is 1. The monoisotopic (exact) mass is 209 g/mol. The van der Waals surface area contributed by atoms with E-state index in [-0.39, 0.29) is 5.91 Å². The molecule has 0 aliphatic carbocycles. The number of hydrogen-bond acceptors (Lipinski definition) is 3. The zero-order chi connectivity index (χ0) is 10.9. The number of rotatable bonds is 2. The molecule has 1 aromatic heterocycles. The smallest absolute Gasteiger partial charge is 0.233 e. The maximum atomic E-state index is 11.9. The van der Waals surface area contributed by atoms with Gasteiger partial charge in [0, 0.05) is 18.4 Å². The van der Waals surface area contributed by atoms with Gasteiger partial charge in [0.25, 0.3) is 0 Å². The van der Waals surface area contributed by atoms with Gasteiger partial charge in [0.2, 0.25) is 5.91 Å². The second-order valence-electron chi connectivity index (χ2n) is 4.25. The van der Waals surface area contributed by atoms with Crippen LogP contribution in [-0.4, -0.2) is 29.3 Å². The third kappa shape index (κ3) is 2.02. The summed E-state index contributed by atoms with van der Waals surface area (Å²) in [4.78, 5) is 11.9. The highest BCUT2D eigenvalue weighted by Gasteiger charge is 2.37. The number of aromatic amines is 1. The first-order chi connectivity index (χ1) is 7.10. The van der Waals surface area contributed by atoms with Crippen molar-refractivity contribution in [1.82, 2.24) is 10.2 Å². The molecule has 1 saturated heterocycles. The fourth-order valence-electron chi connectivity index (χ4n) is 1.60. The molecule has 0 bridgehead atoms. The number of amides is 1. The molecule has 0 spiro atoms. The summed E-state index contributed by atoms with van der Waals surface area (Å²) in [7, 11) is 0. The van der Waals surface area contributed by atoms with Gasteiger partial charge >= 0.3 is 0 Å². The third-order valence-electron chi connectivity index (χ3n) is 2.71. The molecule has 1 aliphatic rings. The Hall–Kier alpha value is -1.36. The standard InChI is InChI=1S/C10H15N3O2/c1-7-5-8(13-12-7)11-9(14)10(2)3-4-15-6-10/h5H,3-4,6H2,1-2H3,(H2,11,12,13,14). The van der Waals surface area contributed by atoms with E-state index in [4.69, 9.17) is 4.74 Å². The van der Waals surface area contributed by atoms with E-state index >= 15 is 0 Å². The summed E-state index contributed by atoms with van der Waals surface area (Å²) in [6.45, 7) is 4.95. The number of ether oxygens (including phenoxy) is 1. The first-order valence-electron chi connectivity index (χ1n) is 5.01. The van der Waals surface area contributed by atoms with Crippen LogP contribution in [0.15, 0.2) is 6.07 Å². The van der Waals surface area contributed by atoms with Crippen LogP contribution in [0.1, 0.15) is 19.0 Å². The van der Waals surface area contributed by atoms with Gasteiger partial charge in [-0.15, -0.1) is 0 Å². The van der Waals surface area contributed by atoms with Crippen LogP contribution in [0.4, 0.5) is 5.82 Å². The van der Waals surface area contributed by atoms with Crippen LogP contribution in [0.5, 0.6) is 0 Å². The zero-order valence-corrected chi connectivity index (χ0v) is 8.96. The zero-order valence-electron chi connectivity index (χ0n) is 8.96. The topological polar surface area (TPSA) is 67.0 Å². The summed E-state index contributed by atoms with van der Waals surface area (Å²) in [5, 5.41) is 9.53. The Bertz CT molecular complexity index is 366. The van der Waals surface area contributed by atoms with Crippen molar-refractivity contribution in [2.45, 2.75) is 20.3 Å². The maximum Gasteiger partial charge on any atom is 0.233 e. The van der Waals surface area contributed by atoms with E-state index in [2.05, 4.69) is 15.5 Å². The van der Waals surface area contributed by atoms with Crippen molar-refractivity contribution < 1.29 is 9.53 Å². The molecule has 82 valence electrons. The SMILES string of the molecule is Cc1cc(NC(=O)C2(C)CCOC2)n[nH]1. The van der Waals surface area contributed by atoms with Crippen molar-refractivity contribution in [3.8, 4) is 0 Å². The molecule has 5 heteroatoms. The second kappa shape index (κ2) is 3.66. The van der Waals surface area contributed by atoms with Crippen LogP contribution in [-0.2, 0) is 9.53 Å². The minimum atomic E-state index is -0.410. The molecule has 5 nitrogen and oxygen atoms in total. The van der Waals surface area contributed by atoms with E-state index in [1.807, 2.05) is 13.8 Å². The lowest BCUT2D eigenvalue weighted by atomic mass is 9.89. The summed E-state index contributed by atoms with van der Waals surface area (Å²) in [5.41, 5.74) is 0.519. The first-order valence-corrected chi connectivity index (χ1v) is 5.01. The summed E-state index contributed by atoms with van der Waals surface area (Å²) in [6.07, 6.45) is 0.766. The van der Waals surface area contributed by atoms with E-state index in [9.17, 15) is 4.79 Å². The normalized spacial score (nSPS) is 25.5. The Labute approximate surface area is 88.2 Å². The van der Waals surface area contributed by atoms with Gasteiger partial charge in [0.1, 0.15) is 0 Å². The fourth-order valence-corrected chi connectivity index (χ4v) is 1.60. The van der Waals surface area contributed by atoms with Crippen LogP contribution in [0.2, 0.25) is 0 Å². The van der Waals surface area contributed by atoms with Gasteiger partial charge in [-0.25, -0.2) is 0 Å². The van der Waals surface area contributed by atoms with Gasteiger partial charge in [-0.05, 0) is 20.3 Å². The minimum Gasteiger partial charge on any atom is -0.380 e. The third-order valence-corrected chi connectivity index (χ3v) is 2.71. The molecular formula is C10H15N3O2. The number of nitrogens with one attached hydrogen (secondary N) is 2. The van der Waals surface area contributed by atoms with Crippen LogP contribution in [0.3, 0.4) is 0 Å². The molecule has 0 saturated carbocycles. The van der Waals surface area contributed by atoms with E-state index in [1.165, 1.54) is 0 Å². The molecule has 1 atom stereocenters. The molecule has 2 heterocycles. The summed E-state index contributed by atoms with van der Waals surface area (Å²) >= 11 is 0. The number of aryl methyl sites for hydroxylation is 1. The predicted octanol–water partition coefficient (Wildman–Crippen LogP) is 1.08. The molecule has 1 aliphatic heterocycles. The van der Waals surface area contributed by atoms with Crippen LogP contribution in [0, 0.1) is 12.3 Å². The Balaban J connectivity index is 2.03. The molecule has 2 rings (SSSR count). The van der Waals surface area contributed by atoms with E-state index in [0.717, 1.165) is 12.1 Å². The van der Waals surface area contributed by atoms with Gasteiger partial charge in [-0.3, -0.25) is 9.89 Å². The highest BCUT2D eigenvalue weighted by Crippen LogP contribution is 2.29. The summed E-state index contributed by atoms with van der Waals surface area (Å²) in [5.74, 6) is 0.553. The average molecular weight is 209 g/mol. The van der Waals surface area contributed by atoms with E-state index in [1.54, 1.807) is 6.07 Å². The maximum absolute atomic E-state index is 11.9. The van der Waals surface area contributed by atoms with Crippen LogP contribution < -0.4 is 5.32 Å². The largest absolute Gasteiger partial charge is 0.380 e. The highest BCUT2D eigenvalue weighted by atomic mass is 16.5. The van der Waals surface area contributed by atoms with Crippen molar-refractivity contribution in [2.75, 3.05) is 18.5 Å². The molecule has 0 radical (unpaired) electrons. The van der Waals surface area contributed by atoms with Crippen molar-refractivity contribution >= 4 is 11.7 Å². The Morgan fingerprint density at radius 2 is 2.53 bits per heavy atom. The Morgan fingerprint density at radius 1 is 1.73 bits per heavy atom. The lowest BCUT2D eigenvalue weighted by Gasteiger charge is -2.19. The second-order valence-corrected chi connectivity index (χ2v) is 4.25. The van der Waals surface area contributed by atoms with Crippen LogP contribution in [0.25, 0.3) is 0 Å².